The molecule has 0 aliphatic heterocycles. The summed E-state index contributed by atoms with van der Waals surface area (Å²) in [7, 11) is 1.74. The summed E-state index contributed by atoms with van der Waals surface area (Å²) >= 11 is 0. The Hall–Kier alpha value is -2.03. The van der Waals surface area contributed by atoms with E-state index in [4.69, 9.17) is 10.4 Å². The molecule has 0 atom stereocenters. The van der Waals surface area contributed by atoms with Crippen molar-refractivity contribution in [1.29, 1.82) is 5.26 Å². The predicted octanol–water partition coefficient (Wildman–Crippen LogP) is 1.64. The molecule has 0 heterocycles. The highest BCUT2D eigenvalue weighted by atomic mass is 16.4. The number of hydrogen-bond acceptors (Lipinski definition) is 4. The van der Waals surface area contributed by atoms with Crippen LogP contribution in [0.25, 0.3) is 0 Å². The molecule has 2 N–H and O–H groups in total. The fourth-order valence-electron chi connectivity index (χ4n) is 2.48. The molecule has 21 heavy (non-hydrogen) atoms. The summed E-state index contributed by atoms with van der Waals surface area (Å²) in [5.41, 5.74) is 0.0680. The van der Waals surface area contributed by atoms with Gasteiger partial charge in [0, 0.05) is 32.3 Å². The number of nitrogens with zero attached hydrogens (tertiary/aromatic N) is 2. The van der Waals surface area contributed by atoms with Crippen molar-refractivity contribution in [3.8, 4) is 6.07 Å². The van der Waals surface area contributed by atoms with Crippen LogP contribution in [0.5, 0.6) is 0 Å². The molecule has 0 saturated heterocycles. The van der Waals surface area contributed by atoms with Crippen molar-refractivity contribution in [2.24, 2.45) is 0 Å². The molecule has 6 nitrogen and oxygen atoms in total. The third-order valence-electron chi connectivity index (χ3n) is 3.75. The average molecular weight is 293 g/mol. The maximum atomic E-state index is 12.2. The van der Waals surface area contributed by atoms with Gasteiger partial charge in [-0.15, -0.1) is 0 Å². The molecule has 0 bridgehead atoms. The van der Waals surface area contributed by atoms with Crippen LogP contribution in [0.15, 0.2) is 11.8 Å². The molecular formula is C15H23N3O3. The first-order chi connectivity index (χ1) is 10.1. The SMILES string of the molecule is CN(C(=O)/C(C#N)=C\NCCCC(=O)O)C1CCCCC1. The maximum Gasteiger partial charge on any atom is 0.303 e. The molecule has 1 aliphatic carbocycles. The van der Waals surface area contributed by atoms with Crippen molar-refractivity contribution >= 4 is 11.9 Å². The van der Waals surface area contributed by atoms with Gasteiger partial charge in [-0.1, -0.05) is 19.3 Å². The van der Waals surface area contributed by atoms with Gasteiger partial charge >= 0.3 is 5.97 Å². The molecular weight excluding hydrogens is 270 g/mol. The summed E-state index contributed by atoms with van der Waals surface area (Å²) in [4.78, 5) is 24.3. The quantitative estimate of drug-likeness (QED) is 0.423. The molecule has 0 spiro atoms. The zero-order chi connectivity index (χ0) is 15.7. The van der Waals surface area contributed by atoms with Crippen LogP contribution in [0, 0.1) is 11.3 Å². The molecule has 0 unspecified atom stereocenters. The highest BCUT2D eigenvalue weighted by Crippen LogP contribution is 2.22. The molecule has 1 fully saturated rings. The second-order valence-corrected chi connectivity index (χ2v) is 5.33. The number of hydrogen-bond donors (Lipinski definition) is 2. The average Bonchev–Trinajstić information content (AvgIpc) is 2.50. The van der Waals surface area contributed by atoms with Gasteiger partial charge in [0.15, 0.2) is 0 Å². The number of nitriles is 1. The first-order valence-electron chi connectivity index (χ1n) is 7.39. The first-order valence-corrected chi connectivity index (χ1v) is 7.39. The number of carboxylic acid groups (broad SMARTS) is 1. The first kappa shape index (κ1) is 17.0. The molecule has 1 amide bonds. The molecule has 1 rings (SSSR count). The minimum atomic E-state index is -0.852. The van der Waals surface area contributed by atoms with E-state index in [1.54, 1.807) is 11.9 Å². The normalized spacial score (nSPS) is 16.1. The summed E-state index contributed by atoms with van der Waals surface area (Å²) in [5, 5.41) is 20.4. The Bertz CT molecular complexity index is 434. The van der Waals surface area contributed by atoms with E-state index in [1.165, 1.54) is 12.6 Å². The van der Waals surface area contributed by atoms with Gasteiger partial charge in [-0.2, -0.15) is 5.26 Å². The minimum absolute atomic E-state index is 0.0680. The summed E-state index contributed by atoms with van der Waals surface area (Å²) in [6, 6.07) is 2.13. The van der Waals surface area contributed by atoms with Crippen LogP contribution >= 0.6 is 0 Å². The number of carboxylic acids is 1. The lowest BCUT2D eigenvalue weighted by Crippen LogP contribution is -2.39. The number of nitrogens with one attached hydrogen (secondary N) is 1. The highest BCUT2D eigenvalue weighted by molar-refractivity contribution is 5.97. The number of likely N-dealkylation sites (N-methyl/N-ethyl adjacent to an activating group) is 1. The Labute approximate surface area is 125 Å². The topological polar surface area (TPSA) is 93.4 Å². The van der Waals surface area contributed by atoms with Gasteiger partial charge in [0.2, 0.25) is 0 Å². The van der Waals surface area contributed by atoms with Gasteiger partial charge in [-0.05, 0) is 19.3 Å². The Balaban J connectivity index is 2.47. The van der Waals surface area contributed by atoms with Crippen molar-refractivity contribution in [3.63, 3.8) is 0 Å². The van der Waals surface area contributed by atoms with Crippen LogP contribution in [0.2, 0.25) is 0 Å². The fraction of sp³-hybridized carbons (Fsp3) is 0.667. The number of carbonyl (C=O) groups excluding carboxylic acids is 1. The van der Waals surface area contributed by atoms with Crippen molar-refractivity contribution in [2.75, 3.05) is 13.6 Å². The largest absolute Gasteiger partial charge is 0.481 e. The third kappa shape index (κ3) is 5.86. The van der Waals surface area contributed by atoms with Gasteiger partial charge in [0.05, 0.1) is 0 Å². The van der Waals surface area contributed by atoms with Crippen molar-refractivity contribution in [2.45, 2.75) is 51.0 Å². The maximum absolute atomic E-state index is 12.2. The van der Waals surface area contributed by atoms with Gasteiger partial charge < -0.3 is 15.3 Å². The summed E-state index contributed by atoms with van der Waals surface area (Å²) in [6.07, 6.45) is 7.37. The third-order valence-corrected chi connectivity index (χ3v) is 3.75. The van der Waals surface area contributed by atoms with Crippen molar-refractivity contribution in [3.05, 3.63) is 11.8 Å². The molecule has 0 aromatic carbocycles. The van der Waals surface area contributed by atoms with Crippen LogP contribution in [0.4, 0.5) is 0 Å². The van der Waals surface area contributed by atoms with Crippen LogP contribution in [-0.4, -0.2) is 41.5 Å². The minimum Gasteiger partial charge on any atom is -0.481 e. The molecule has 116 valence electrons. The summed E-state index contributed by atoms with van der Waals surface area (Å²) in [6.45, 7) is 0.428. The predicted molar refractivity (Wildman–Crippen MR) is 78.2 cm³/mol. The van der Waals surface area contributed by atoms with E-state index in [2.05, 4.69) is 5.32 Å². The number of rotatable bonds is 7. The van der Waals surface area contributed by atoms with Crippen LogP contribution in [0.1, 0.15) is 44.9 Å². The lowest BCUT2D eigenvalue weighted by Gasteiger charge is -2.31. The van der Waals surface area contributed by atoms with Crippen molar-refractivity contribution < 1.29 is 14.7 Å². The van der Waals surface area contributed by atoms with Crippen LogP contribution in [0.3, 0.4) is 0 Å². The zero-order valence-electron chi connectivity index (χ0n) is 12.5. The Morgan fingerprint density at radius 3 is 2.62 bits per heavy atom. The molecule has 1 aliphatic rings. The lowest BCUT2D eigenvalue weighted by atomic mass is 9.94. The summed E-state index contributed by atoms with van der Waals surface area (Å²) in [5.74, 6) is -1.12. The number of amides is 1. The number of aliphatic carboxylic acids is 1. The van der Waals surface area contributed by atoms with E-state index in [0.717, 1.165) is 25.7 Å². The van der Waals surface area contributed by atoms with E-state index < -0.39 is 5.97 Å². The van der Waals surface area contributed by atoms with E-state index in [9.17, 15) is 9.59 Å². The smallest absolute Gasteiger partial charge is 0.303 e. The van der Waals surface area contributed by atoms with Gasteiger partial charge in [0.25, 0.3) is 5.91 Å². The van der Waals surface area contributed by atoms with E-state index in [-0.39, 0.29) is 23.9 Å². The van der Waals surface area contributed by atoms with Gasteiger partial charge in [-0.3, -0.25) is 9.59 Å². The summed E-state index contributed by atoms with van der Waals surface area (Å²) < 4.78 is 0. The van der Waals surface area contributed by atoms with Crippen molar-refractivity contribution in [1.82, 2.24) is 10.2 Å². The molecule has 0 aromatic heterocycles. The molecule has 1 saturated carbocycles. The van der Waals surface area contributed by atoms with Gasteiger partial charge in [-0.25, -0.2) is 0 Å². The molecule has 6 heteroatoms. The van der Waals surface area contributed by atoms with E-state index in [1.807, 2.05) is 6.07 Å². The molecule has 0 aromatic rings. The lowest BCUT2D eigenvalue weighted by molar-refractivity contribution is -0.137. The second kappa shape index (κ2) is 9.01. The van der Waals surface area contributed by atoms with Gasteiger partial charge in [0.1, 0.15) is 11.6 Å². The highest BCUT2D eigenvalue weighted by Gasteiger charge is 2.24. The Morgan fingerprint density at radius 1 is 1.38 bits per heavy atom. The fourth-order valence-corrected chi connectivity index (χ4v) is 2.48. The van der Waals surface area contributed by atoms with E-state index in [0.29, 0.717) is 13.0 Å². The monoisotopic (exact) mass is 293 g/mol. The second-order valence-electron chi connectivity index (χ2n) is 5.33. The van der Waals surface area contributed by atoms with Crippen LogP contribution in [-0.2, 0) is 9.59 Å². The molecule has 0 radical (unpaired) electrons. The Kier molecular flexibility index (Phi) is 7.30. The zero-order valence-corrected chi connectivity index (χ0v) is 12.5. The van der Waals surface area contributed by atoms with Crippen LogP contribution < -0.4 is 5.32 Å². The standard InChI is InChI=1S/C15H23N3O3/c1-18(13-6-3-2-4-7-13)15(21)12(10-16)11-17-9-5-8-14(19)20/h11,13,17H,2-9H2,1H3,(H,19,20)/b12-11-. The Morgan fingerprint density at radius 2 is 2.05 bits per heavy atom. The van der Waals surface area contributed by atoms with E-state index >= 15 is 0 Å². The number of carbonyl (C=O) groups is 2.